The minimum absolute atomic E-state index is 0. The highest BCUT2D eigenvalue weighted by atomic mass is 35.5. The molecule has 4 atom stereocenters. The Morgan fingerprint density at radius 2 is 1.57 bits per heavy atom. The lowest BCUT2D eigenvalue weighted by atomic mass is 10.0. The van der Waals surface area contributed by atoms with Gasteiger partial charge in [-0.2, -0.15) is 8.78 Å². The maximum absolute atomic E-state index is 13.5. The number of hydrogen-bond donors (Lipinski definition) is 2. The highest BCUT2D eigenvalue weighted by molar-refractivity contribution is 7.91. The van der Waals surface area contributed by atoms with Crippen LogP contribution in [0.5, 0.6) is 11.5 Å². The molecule has 298 valence electrons. The summed E-state index contributed by atoms with van der Waals surface area (Å²) in [6.07, 6.45) is -4.99. The van der Waals surface area contributed by atoms with Gasteiger partial charge in [-0.1, -0.05) is 32.9 Å². The zero-order valence-electron chi connectivity index (χ0n) is 29.6. The minimum Gasteiger partial charge on any atom is -0.489 e. The van der Waals surface area contributed by atoms with Crippen LogP contribution in [0, 0.1) is 5.92 Å². The van der Waals surface area contributed by atoms with Crippen molar-refractivity contribution in [2.24, 2.45) is 11.7 Å². The molecule has 1 fully saturated rings. The molecule has 1 aliphatic heterocycles. The molecule has 18 heteroatoms. The monoisotopic (exact) mass is 807 g/mol. The van der Waals surface area contributed by atoms with E-state index >= 15 is 0 Å². The summed E-state index contributed by atoms with van der Waals surface area (Å²) in [7, 11) is -3.47. The predicted octanol–water partition coefficient (Wildman–Crippen LogP) is 6.45. The fourth-order valence-electron chi connectivity index (χ4n) is 5.62. The molecule has 11 nitrogen and oxygen atoms in total. The predicted molar refractivity (Wildman–Crippen MR) is 192 cm³/mol. The fourth-order valence-corrected chi connectivity index (χ4v) is 6.50. The molecule has 3 aromatic carbocycles. The van der Waals surface area contributed by atoms with E-state index in [1.165, 1.54) is 31.2 Å². The molecular weight excluding hydrogens is 765 g/mol. The summed E-state index contributed by atoms with van der Waals surface area (Å²) in [5, 5.41) is 2.91. The van der Waals surface area contributed by atoms with E-state index in [1.54, 1.807) is 55.1 Å². The zero-order chi connectivity index (χ0) is 38.9. The van der Waals surface area contributed by atoms with Crippen molar-refractivity contribution in [3.8, 4) is 11.5 Å². The van der Waals surface area contributed by atoms with Gasteiger partial charge in [-0.15, -0.1) is 25.6 Å². The second-order valence-corrected chi connectivity index (χ2v) is 14.9. The van der Waals surface area contributed by atoms with E-state index in [1.807, 2.05) is 0 Å². The normalized spacial score (nSPS) is 17.1. The van der Waals surface area contributed by atoms with Crippen LogP contribution >= 0.6 is 12.4 Å². The number of rotatable bonds is 17. The molecule has 3 aromatic rings. The van der Waals surface area contributed by atoms with Crippen molar-refractivity contribution in [1.29, 1.82) is 0 Å². The first kappa shape index (κ1) is 44.2. The van der Waals surface area contributed by atoms with Gasteiger partial charge in [0.2, 0.25) is 0 Å². The maximum Gasteiger partial charge on any atom is 0.573 e. The van der Waals surface area contributed by atoms with Crippen molar-refractivity contribution in [2.45, 2.75) is 75.7 Å². The number of benzene rings is 3. The second-order valence-electron chi connectivity index (χ2n) is 12.7. The quantitative estimate of drug-likeness (QED) is 0.115. The SMILES string of the molecule is CCS(=O)(=O)c1ccc(C(CCOC(=O)C(N)C(C)C)NC(=O)c2ccc(N3C[C@@H](Oc4ccc(OC(F)(F)F)cc4)C[C@H]3COC(F)F)cc2)cc1.Cl. The largest absolute Gasteiger partial charge is 0.573 e. The molecule has 0 bridgehead atoms. The molecule has 0 aliphatic carbocycles. The topological polar surface area (TPSA) is 146 Å². The summed E-state index contributed by atoms with van der Waals surface area (Å²) >= 11 is 0. The van der Waals surface area contributed by atoms with Crippen LogP contribution < -0.4 is 25.4 Å². The number of alkyl halides is 5. The number of nitrogens with one attached hydrogen (secondary N) is 1. The summed E-state index contributed by atoms with van der Waals surface area (Å²) in [5.41, 5.74) is 7.28. The van der Waals surface area contributed by atoms with Crippen molar-refractivity contribution >= 4 is 39.8 Å². The molecule has 2 unspecified atom stereocenters. The lowest BCUT2D eigenvalue weighted by Crippen LogP contribution is -2.37. The summed E-state index contributed by atoms with van der Waals surface area (Å²) in [4.78, 5) is 27.7. The van der Waals surface area contributed by atoms with Crippen LogP contribution in [0.2, 0.25) is 0 Å². The van der Waals surface area contributed by atoms with Crippen LogP contribution in [-0.4, -0.2) is 77.0 Å². The molecule has 4 rings (SSSR count). The van der Waals surface area contributed by atoms with Crippen LogP contribution in [0.15, 0.2) is 77.7 Å². The van der Waals surface area contributed by atoms with Gasteiger partial charge in [0, 0.05) is 24.1 Å². The molecule has 3 N–H and O–H groups in total. The number of amides is 1. The lowest BCUT2D eigenvalue weighted by Gasteiger charge is -2.26. The molecule has 0 aromatic heterocycles. The molecule has 1 heterocycles. The van der Waals surface area contributed by atoms with Crippen molar-refractivity contribution in [2.75, 3.05) is 30.4 Å². The standard InChI is InChI=1S/C36H42F5N3O8S.ClH/c1-4-53(47,48)30-15-7-23(8-16-30)31(17-18-49-34(46)32(42)22(2)3)43-33(45)24-5-9-25(10-6-24)44-20-29(19-26(44)21-50-35(37)38)51-27-11-13-28(14-12-27)52-36(39,40)41;/h5-16,22,26,29,31-32,35H,4,17-21,42H2,1-3H3,(H,43,45);1H/t26-,29-,31?,32?;/m0./s1. The van der Waals surface area contributed by atoms with Gasteiger partial charge in [-0.05, 0) is 72.1 Å². The van der Waals surface area contributed by atoms with E-state index in [0.29, 0.717) is 11.3 Å². The number of nitrogens with two attached hydrogens (primary N) is 1. The van der Waals surface area contributed by atoms with E-state index in [0.717, 1.165) is 12.1 Å². The van der Waals surface area contributed by atoms with E-state index in [-0.39, 0.29) is 72.9 Å². The van der Waals surface area contributed by atoms with Crippen molar-refractivity contribution < 1.29 is 58.9 Å². The number of sulfone groups is 1. The van der Waals surface area contributed by atoms with Crippen molar-refractivity contribution in [3.05, 3.63) is 83.9 Å². The Morgan fingerprint density at radius 1 is 0.963 bits per heavy atom. The first-order valence-corrected chi connectivity index (χ1v) is 18.5. The average Bonchev–Trinajstić information content (AvgIpc) is 3.52. The Morgan fingerprint density at radius 3 is 2.13 bits per heavy atom. The molecule has 0 saturated carbocycles. The molecule has 54 heavy (non-hydrogen) atoms. The summed E-state index contributed by atoms with van der Waals surface area (Å²) < 4.78 is 108. The number of carbonyl (C=O) groups is 2. The van der Waals surface area contributed by atoms with Gasteiger partial charge in [0.05, 0.1) is 42.5 Å². The second kappa shape index (κ2) is 19.4. The zero-order valence-corrected chi connectivity index (χ0v) is 31.3. The highest BCUT2D eigenvalue weighted by Gasteiger charge is 2.35. The number of nitrogens with zero attached hydrogens (tertiary/aromatic N) is 1. The summed E-state index contributed by atoms with van der Waals surface area (Å²) in [6.45, 7) is 1.87. The molecule has 1 amide bonds. The first-order valence-electron chi connectivity index (χ1n) is 16.8. The van der Waals surface area contributed by atoms with Crippen LogP contribution in [0.25, 0.3) is 0 Å². The van der Waals surface area contributed by atoms with Gasteiger partial charge in [0.25, 0.3) is 5.91 Å². The van der Waals surface area contributed by atoms with E-state index in [2.05, 4.69) is 14.8 Å². The molecule has 1 aliphatic rings. The van der Waals surface area contributed by atoms with Crippen LogP contribution in [0.3, 0.4) is 0 Å². The van der Waals surface area contributed by atoms with E-state index < -0.39 is 64.7 Å². The average molecular weight is 808 g/mol. The van der Waals surface area contributed by atoms with Crippen LogP contribution in [0.1, 0.15) is 55.6 Å². The first-order chi connectivity index (χ1) is 25.0. The molecule has 0 spiro atoms. The Bertz CT molecular complexity index is 1770. The number of halogens is 6. The lowest BCUT2D eigenvalue weighted by molar-refractivity contribution is -0.274. The number of ether oxygens (including phenoxy) is 4. The number of esters is 1. The third-order valence-corrected chi connectivity index (χ3v) is 10.3. The Hall–Kier alpha value is -4.19. The minimum atomic E-state index is -4.85. The Labute approximate surface area is 316 Å². The van der Waals surface area contributed by atoms with Crippen molar-refractivity contribution in [3.63, 3.8) is 0 Å². The van der Waals surface area contributed by atoms with Gasteiger partial charge in [0.15, 0.2) is 9.84 Å². The summed E-state index contributed by atoms with van der Waals surface area (Å²) in [6, 6.07) is 15.1. The van der Waals surface area contributed by atoms with Gasteiger partial charge in [-0.25, -0.2) is 8.42 Å². The third-order valence-electron chi connectivity index (χ3n) is 8.58. The van der Waals surface area contributed by atoms with Gasteiger partial charge in [-0.3, -0.25) is 9.59 Å². The summed E-state index contributed by atoms with van der Waals surface area (Å²) in [5.74, 6) is -1.49. The van der Waals surface area contributed by atoms with Gasteiger partial charge < -0.3 is 34.9 Å². The van der Waals surface area contributed by atoms with Gasteiger partial charge in [0.1, 0.15) is 23.6 Å². The fraction of sp³-hybridized carbons (Fsp3) is 0.444. The molecule has 0 radical (unpaired) electrons. The van der Waals surface area contributed by atoms with E-state index in [9.17, 15) is 40.0 Å². The number of hydrogen-bond acceptors (Lipinski definition) is 10. The van der Waals surface area contributed by atoms with Crippen molar-refractivity contribution in [1.82, 2.24) is 5.32 Å². The maximum atomic E-state index is 13.5. The Kier molecular flexibility index (Phi) is 15.9. The van der Waals surface area contributed by atoms with Crippen LogP contribution in [-0.2, 0) is 24.1 Å². The third kappa shape index (κ3) is 12.7. The van der Waals surface area contributed by atoms with Gasteiger partial charge >= 0.3 is 18.9 Å². The molecule has 1 saturated heterocycles. The smallest absolute Gasteiger partial charge is 0.489 e. The highest BCUT2D eigenvalue weighted by Crippen LogP contribution is 2.31. The van der Waals surface area contributed by atoms with E-state index in [4.69, 9.17) is 15.2 Å². The Balaban J connectivity index is 0.00000784. The van der Waals surface area contributed by atoms with Crippen LogP contribution in [0.4, 0.5) is 27.6 Å². The molecular formula is C36H43ClF5N3O8S. The number of anilines is 1. The number of carbonyl (C=O) groups excluding carboxylic acids is 2.